The van der Waals surface area contributed by atoms with Crippen LogP contribution in [0.2, 0.25) is 0 Å². The average Bonchev–Trinajstić information content (AvgIpc) is 3.12. The van der Waals surface area contributed by atoms with Crippen molar-refractivity contribution < 1.29 is 13.9 Å². The highest BCUT2D eigenvalue weighted by Crippen LogP contribution is 2.33. The zero-order valence-electron chi connectivity index (χ0n) is 16.6. The van der Waals surface area contributed by atoms with E-state index >= 15 is 0 Å². The van der Waals surface area contributed by atoms with Crippen molar-refractivity contribution in [2.45, 2.75) is 20.4 Å². The van der Waals surface area contributed by atoms with E-state index in [9.17, 15) is 4.79 Å². The Balaban J connectivity index is 1.66. The van der Waals surface area contributed by atoms with E-state index in [-0.39, 0.29) is 5.78 Å². The highest BCUT2D eigenvalue weighted by Gasteiger charge is 2.22. The predicted molar refractivity (Wildman–Crippen MR) is 116 cm³/mol. The van der Waals surface area contributed by atoms with E-state index in [1.54, 1.807) is 24.3 Å². The van der Waals surface area contributed by atoms with Gasteiger partial charge in [-0.1, -0.05) is 42.0 Å². The summed E-state index contributed by atoms with van der Waals surface area (Å²) in [5.74, 6) is 0.907. The molecule has 3 aromatic carbocycles. The summed E-state index contributed by atoms with van der Waals surface area (Å²) in [5.41, 5.74) is 4.33. The number of carbonyl (C=O) groups excluding carboxylic acids is 1. The van der Waals surface area contributed by atoms with E-state index < -0.39 is 0 Å². The molecule has 1 aromatic heterocycles. The monoisotopic (exact) mass is 385 g/mol. The number of fused-ring (bicyclic) bond motifs is 1. The SMILES string of the molecule is CCOc1ccc(C(=O)c2oc3ccccc3c2NCc2ccc(C)cc2)cc1. The molecule has 0 aliphatic carbocycles. The number of ether oxygens (including phenoxy) is 1. The van der Waals surface area contributed by atoms with E-state index in [1.807, 2.05) is 31.2 Å². The maximum atomic E-state index is 13.2. The van der Waals surface area contributed by atoms with Crippen molar-refractivity contribution in [3.63, 3.8) is 0 Å². The van der Waals surface area contributed by atoms with Crippen LogP contribution in [-0.2, 0) is 6.54 Å². The van der Waals surface area contributed by atoms with Gasteiger partial charge in [-0.25, -0.2) is 0 Å². The smallest absolute Gasteiger partial charge is 0.230 e. The highest BCUT2D eigenvalue weighted by molar-refractivity contribution is 6.14. The second kappa shape index (κ2) is 8.23. The van der Waals surface area contributed by atoms with Gasteiger partial charge in [0.1, 0.15) is 11.3 Å². The normalized spacial score (nSPS) is 10.8. The third-order valence-corrected chi connectivity index (χ3v) is 4.82. The standard InChI is InChI=1S/C25H23NO3/c1-3-28-20-14-12-19(13-15-20)24(27)25-23(21-6-4-5-7-22(21)29-25)26-16-18-10-8-17(2)9-11-18/h4-15,26H,3,16H2,1-2H3. The van der Waals surface area contributed by atoms with Crippen LogP contribution in [0.3, 0.4) is 0 Å². The van der Waals surface area contributed by atoms with Crippen LogP contribution in [0.25, 0.3) is 11.0 Å². The number of benzene rings is 3. The molecule has 0 aliphatic heterocycles. The molecule has 0 fully saturated rings. The van der Waals surface area contributed by atoms with Crippen LogP contribution in [0, 0.1) is 6.92 Å². The van der Waals surface area contributed by atoms with Crippen LogP contribution >= 0.6 is 0 Å². The molecule has 0 saturated carbocycles. The predicted octanol–water partition coefficient (Wildman–Crippen LogP) is 5.98. The van der Waals surface area contributed by atoms with Gasteiger partial charge in [0, 0.05) is 17.5 Å². The topological polar surface area (TPSA) is 51.5 Å². The molecule has 29 heavy (non-hydrogen) atoms. The van der Waals surface area contributed by atoms with Crippen molar-refractivity contribution in [1.82, 2.24) is 0 Å². The average molecular weight is 385 g/mol. The third-order valence-electron chi connectivity index (χ3n) is 4.82. The van der Waals surface area contributed by atoms with E-state index in [4.69, 9.17) is 9.15 Å². The van der Waals surface area contributed by atoms with Gasteiger partial charge in [-0.15, -0.1) is 0 Å². The molecular formula is C25H23NO3. The number of hydrogen-bond donors (Lipinski definition) is 1. The van der Waals surface area contributed by atoms with Gasteiger partial charge in [-0.3, -0.25) is 4.79 Å². The van der Waals surface area contributed by atoms with Crippen molar-refractivity contribution in [3.8, 4) is 5.75 Å². The number of para-hydroxylation sites is 1. The molecule has 4 aromatic rings. The maximum Gasteiger partial charge on any atom is 0.230 e. The summed E-state index contributed by atoms with van der Waals surface area (Å²) in [7, 11) is 0. The first-order chi connectivity index (χ1) is 14.2. The lowest BCUT2D eigenvalue weighted by Gasteiger charge is -2.08. The highest BCUT2D eigenvalue weighted by atomic mass is 16.5. The zero-order valence-corrected chi connectivity index (χ0v) is 16.6. The number of carbonyl (C=O) groups is 1. The molecule has 0 radical (unpaired) electrons. The van der Waals surface area contributed by atoms with E-state index in [2.05, 4.69) is 36.5 Å². The minimum Gasteiger partial charge on any atom is -0.494 e. The van der Waals surface area contributed by atoms with Gasteiger partial charge < -0.3 is 14.5 Å². The molecule has 0 unspecified atom stereocenters. The summed E-state index contributed by atoms with van der Waals surface area (Å²) in [6.45, 7) is 5.19. The van der Waals surface area contributed by atoms with Crippen molar-refractivity contribution in [1.29, 1.82) is 0 Å². The van der Waals surface area contributed by atoms with Gasteiger partial charge in [-0.05, 0) is 55.8 Å². The van der Waals surface area contributed by atoms with E-state index in [0.717, 1.165) is 22.4 Å². The second-order valence-corrected chi connectivity index (χ2v) is 6.93. The largest absolute Gasteiger partial charge is 0.494 e. The van der Waals surface area contributed by atoms with Gasteiger partial charge in [0.2, 0.25) is 5.78 Å². The summed E-state index contributed by atoms with van der Waals surface area (Å²) in [6, 6.07) is 23.2. The molecule has 0 bridgehead atoms. The van der Waals surface area contributed by atoms with Gasteiger partial charge in [0.25, 0.3) is 0 Å². The summed E-state index contributed by atoms with van der Waals surface area (Å²) < 4.78 is 11.4. The minimum absolute atomic E-state index is 0.157. The van der Waals surface area contributed by atoms with Crippen LogP contribution in [0.5, 0.6) is 5.75 Å². The molecule has 0 atom stereocenters. The molecule has 1 heterocycles. The number of aryl methyl sites for hydroxylation is 1. The van der Waals surface area contributed by atoms with Crippen molar-refractivity contribution in [3.05, 3.63) is 95.2 Å². The van der Waals surface area contributed by atoms with Crippen molar-refractivity contribution >= 4 is 22.4 Å². The molecular weight excluding hydrogens is 362 g/mol. The van der Waals surface area contributed by atoms with Gasteiger partial charge in [0.15, 0.2) is 5.76 Å². The molecule has 4 rings (SSSR count). The number of nitrogens with one attached hydrogen (secondary N) is 1. The Kier molecular flexibility index (Phi) is 5.34. The van der Waals surface area contributed by atoms with E-state index in [1.165, 1.54) is 5.56 Å². The molecule has 0 spiro atoms. The van der Waals surface area contributed by atoms with Crippen LogP contribution in [0.15, 0.2) is 77.2 Å². The molecule has 146 valence electrons. The van der Waals surface area contributed by atoms with Gasteiger partial charge in [0.05, 0.1) is 12.3 Å². The fourth-order valence-corrected chi connectivity index (χ4v) is 3.28. The number of rotatable bonds is 7. The number of ketones is 1. The molecule has 0 aliphatic rings. The second-order valence-electron chi connectivity index (χ2n) is 6.93. The lowest BCUT2D eigenvalue weighted by atomic mass is 10.1. The summed E-state index contributed by atoms with van der Waals surface area (Å²) >= 11 is 0. The van der Waals surface area contributed by atoms with Crippen molar-refractivity contribution in [2.24, 2.45) is 0 Å². The van der Waals surface area contributed by atoms with Gasteiger partial charge in [-0.2, -0.15) is 0 Å². The Morgan fingerprint density at radius 3 is 2.41 bits per heavy atom. The first kappa shape index (κ1) is 18.8. The number of furan rings is 1. The number of hydrogen-bond acceptors (Lipinski definition) is 4. The first-order valence-electron chi connectivity index (χ1n) is 9.74. The lowest BCUT2D eigenvalue weighted by molar-refractivity contribution is 0.101. The molecule has 4 nitrogen and oxygen atoms in total. The van der Waals surface area contributed by atoms with Crippen LogP contribution < -0.4 is 10.1 Å². The quantitative estimate of drug-likeness (QED) is 0.397. The maximum absolute atomic E-state index is 13.2. The Labute approximate surface area is 170 Å². The van der Waals surface area contributed by atoms with Gasteiger partial charge >= 0.3 is 0 Å². The number of anilines is 1. The molecule has 0 saturated heterocycles. The summed E-state index contributed by atoms with van der Waals surface area (Å²) in [5, 5.41) is 4.31. The zero-order chi connectivity index (χ0) is 20.2. The van der Waals surface area contributed by atoms with Crippen LogP contribution in [-0.4, -0.2) is 12.4 Å². The first-order valence-corrected chi connectivity index (χ1v) is 9.74. The molecule has 1 N–H and O–H groups in total. The molecule has 4 heteroatoms. The van der Waals surface area contributed by atoms with Crippen LogP contribution in [0.1, 0.15) is 34.2 Å². The Bertz CT molecular complexity index is 1130. The fraction of sp³-hybridized carbons (Fsp3) is 0.160. The van der Waals surface area contributed by atoms with E-state index in [0.29, 0.717) is 30.1 Å². The Morgan fingerprint density at radius 1 is 0.966 bits per heavy atom. The van der Waals surface area contributed by atoms with Crippen LogP contribution in [0.4, 0.5) is 5.69 Å². The minimum atomic E-state index is -0.157. The third kappa shape index (κ3) is 4.02. The summed E-state index contributed by atoms with van der Waals surface area (Å²) in [6.07, 6.45) is 0. The Morgan fingerprint density at radius 2 is 1.69 bits per heavy atom. The summed E-state index contributed by atoms with van der Waals surface area (Å²) in [4.78, 5) is 13.2. The Hall–Kier alpha value is -3.53. The molecule has 0 amide bonds. The van der Waals surface area contributed by atoms with Crippen molar-refractivity contribution in [2.75, 3.05) is 11.9 Å². The lowest BCUT2D eigenvalue weighted by Crippen LogP contribution is -2.06. The fourth-order valence-electron chi connectivity index (χ4n) is 3.28.